The lowest BCUT2D eigenvalue weighted by molar-refractivity contribution is 0.654. The number of aromatic nitrogens is 4. The number of imidazole rings is 1. The molecular formula is C15H15N5. The monoisotopic (exact) mass is 265 g/mol. The smallest absolute Gasteiger partial charge is 0.222 e. The van der Waals surface area contributed by atoms with Crippen molar-refractivity contribution in [1.82, 2.24) is 19.5 Å². The Labute approximate surface area is 116 Å². The fraction of sp³-hybridized carbons (Fsp3) is 0.267. The first-order chi connectivity index (χ1) is 9.83. The molecule has 1 aromatic carbocycles. The van der Waals surface area contributed by atoms with Crippen molar-refractivity contribution in [1.29, 1.82) is 0 Å². The summed E-state index contributed by atoms with van der Waals surface area (Å²) < 4.78 is 2.08. The van der Waals surface area contributed by atoms with E-state index >= 15 is 0 Å². The molecule has 2 heterocycles. The second-order valence-corrected chi connectivity index (χ2v) is 5.14. The molecule has 2 N–H and O–H groups in total. The number of hydrogen-bond acceptors (Lipinski definition) is 4. The predicted octanol–water partition coefficient (Wildman–Crippen LogP) is 2.28. The molecule has 3 aromatic rings. The topological polar surface area (TPSA) is 69.6 Å². The lowest BCUT2D eigenvalue weighted by Crippen LogP contribution is -2.09. The summed E-state index contributed by atoms with van der Waals surface area (Å²) in [7, 11) is 0. The van der Waals surface area contributed by atoms with Gasteiger partial charge in [-0.25, -0.2) is 9.97 Å². The number of rotatable bonds is 1. The molecule has 0 amide bonds. The van der Waals surface area contributed by atoms with E-state index in [1.165, 1.54) is 24.2 Å². The van der Waals surface area contributed by atoms with Gasteiger partial charge in [0.2, 0.25) is 5.95 Å². The molecule has 4 rings (SSSR count). The van der Waals surface area contributed by atoms with Crippen molar-refractivity contribution >= 4 is 16.9 Å². The van der Waals surface area contributed by atoms with E-state index < -0.39 is 0 Å². The Balaban J connectivity index is 2.00. The Kier molecular flexibility index (Phi) is 2.45. The van der Waals surface area contributed by atoms with E-state index in [9.17, 15) is 0 Å². The van der Waals surface area contributed by atoms with E-state index in [1.807, 2.05) is 30.6 Å². The van der Waals surface area contributed by atoms with Crippen molar-refractivity contribution in [2.45, 2.75) is 25.7 Å². The molecule has 0 radical (unpaired) electrons. The largest absolute Gasteiger partial charge is 0.368 e. The van der Waals surface area contributed by atoms with Gasteiger partial charge in [0.05, 0.1) is 11.2 Å². The zero-order chi connectivity index (χ0) is 13.5. The summed E-state index contributed by atoms with van der Waals surface area (Å²) in [5.41, 5.74) is 9.18. The minimum atomic E-state index is 0.303. The molecule has 20 heavy (non-hydrogen) atoms. The van der Waals surface area contributed by atoms with Crippen molar-refractivity contribution < 1.29 is 0 Å². The molecule has 0 atom stereocenters. The van der Waals surface area contributed by atoms with Gasteiger partial charge in [-0.05, 0) is 37.8 Å². The summed E-state index contributed by atoms with van der Waals surface area (Å²) in [6.07, 6.45) is 6.40. The lowest BCUT2D eigenvalue weighted by Gasteiger charge is -2.14. The summed E-state index contributed by atoms with van der Waals surface area (Å²) in [5.74, 6) is 1.14. The fourth-order valence-electron chi connectivity index (χ4n) is 2.91. The predicted molar refractivity (Wildman–Crippen MR) is 77.7 cm³/mol. The minimum absolute atomic E-state index is 0.303. The number of benzene rings is 1. The number of aryl methyl sites for hydroxylation is 1. The van der Waals surface area contributed by atoms with Crippen LogP contribution in [0.15, 0.2) is 30.6 Å². The SMILES string of the molecule is Nc1nc(-n2cnc3c2CCCC3)c2ccccc2n1. The summed E-state index contributed by atoms with van der Waals surface area (Å²) in [6.45, 7) is 0. The maximum Gasteiger partial charge on any atom is 0.222 e. The molecule has 0 saturated heterocycles. The van der Waals surface area contributed by atoms with Crippen molar-refractivity contribution in [3.8, 4) is 5.82 Å². The van der Waals surface area contributed by atoms with Gasteiger partial charge in [0.1, 0.15) is 6.33 Å². The molecule has 0 bridgehead atoms. The van der Waals surface area contributed by atoms with Crippen LogP contribution >= 0.6 is 0 Å². The third kappa shape index (κ3) is 1.66. The zero-order valence-corrected chi connectivity index (χ0v) is 11.1. The van der Waals surface area contributed by atoms with Crippen LogP contribution in [0.2, 0.25) is 0 Å². The number of fused-ring (bicyclic) bond motifs is 2. The average molecular weight is 265 g/mol. The van der Waals surface area contributed by atoms with E-state index in [4.69, 9.17) is 5.73 Å². The third-order valence-electron chi connectivity index (χ3n) is 3.86. The molecule has 2 aromatic heterocycles. The Morgan fingerprint density at radius 2 is 1.90 bits per heavy atom. The first kappa shape index (κ1) is 11.4. The molecule has 1 aliphatic carbocycles. The Morgan fingerprint density at radius 3 is 2.85 bits per heavy atom. The lowest BCUT2D eigenvalue weighted by atomic mass is 10.0. The van der Waals surface area contributed by atoms with Gasteiger partial charge in [0.25, 0.3) is 0 Å². The molecule has 0 spiro atoms. The number of hydrogen-bond donors (Lipinski definition) is 1. The van der Waals surface area contributed by atoms with Gasteiger partial charge >= 0.3 is 0 Å². The van der Waals surface area contributed by atoms with Gasteiger partial charge < -0.3 is 5.73 Å². The second-order valence-electron chi connectivity index (χ2n) is 5.14. The van der Waals surface area contributed by atoms with Gasteiger partial charge in [0, 0.05) is 11.1 Å². The van der Waals surface area contributed by atoms with E-state index in [0.29, 0.717) is 5.95 Å². The quantitative estimate of drug-likeness (QED) is 0.732. The number of nitrogen functional groups attached to an aromatic ring is 1. The van der Waals surface area contributed by atoms with Crippen molar-refractivity contribution in [3.63, 3.8) is 0 Å². The van der Waals surface area contributed by atoms with Gasteiger partial charge in [-0.1, -0.05) is 12.1 Å². The van der Waals surface area contributed by atoms with Crippen LogP contribution in [0.4, 0.5) is 5.95 Å². The van der Waals surface area contributed by atoms with Crippen LogP contribution in [0.3, 0.4) is 0 Å². The molecule has 0 unspecified atom stereocenters. The van der Waals surface area contributed by atoms with Crippen LogP contribution in [0.1, 0.15) is 24.2 Å². The highest BCUT2D eigenvalue weighted by atomic mass is 15.2. The normalized spacial score (nSPS) is 14.4. The van der Waals surface area contributed by atoms with Gasteiger partial charge in [0.15, 0.2) is 5.82 Å². The van der Waals surface area contributed by atoms with Crippen LogP contribution in [0, 0.1) is 0 Å². The fourth-order valence-corrected chi connectivity index (χ4v) is 2.91. The summed E-state index contributed by atoms with van der Waals surface area (Å²) in [6, 6.07) is 7.94. The Bertz CT molecular complexity index is 790. The van der Waals surface area contributed by atoms with Crippen LogP contribution in [-0.4, -0.2) is 19.5 Å². The molecule has 5 nitrogen and oxygen atoms in total. The van der Waals surface area contributed by atoms with Crippen molar-refractivity contribution in [2.24, 2.45) is 0 Å². The highest BCUT2D eigenvalue weighted by molar-refractivity contribution is 5.86. The minimum Gasteiger partial charge on any atom is -0.368 e. The summed E-state index contributed by atoms with van der Waals surface area (Å²) in [5, 5.41) is 1.01. The molecule has 0 fully saturated rings. The molecular weight excluding hydrogens is 250 g/mol. The molecule has 5 heteroatoms. The van der Waals surface area contributed by atoms with Gasteiger partial charge in [-0.3, -0.25) is 4.57 Å². The summed E-state index contributed by atoms with van der Waals surface area (Å²) in [4.78, 5) is 13.3. The van der Waals surface area contributed by atoms with Gasteiger partial charge in [-0.15, -0.1) is 0 Å². The van der Waals surface area contributed by atoms with Crippen molar-refractivity contribution in [3.05, 3.63) is 42.0 Å². The van der Waals surface area contributed by atoms with Crippen LogP contribution in [0.5, 0.6) is 0 Å². The van der Waals surface area contributed by atoms with Crippen molar-refractivity contribution in [2.75, 3.05) is 5.73 Å². The van der Waals surface area contributed by atoms with Gasteiger partial charge in [-0.2, -0.15) is 4.98 Å². The van der Waals surface area contributed by atoms with E-state index in [1.54, 1.807) is 0 Å². The first-order valence-electron chi connectivity index (χ1n) is 6.90. The van der Waals surface area contributed by atoms with Crippen LogP contribution in [0.25, 0.3) is 16.7 Å². The van der Waals surface area contributed by atoms with E-state index in [-0.39, 0.29) is 0 Å². The Hall–Kier alpha value is -2.43. The highest BCUT2D eigenvalue weighted by Gasteiger charge is 2.18. The van der Waals surface area contributed by atoms with Crippen LogP contribution in [-0.2, 0) is 12.8 Å². The van der Waals surface area contributed by atoms with E-state index in [2.05, 4.69) is 19.5 Å². The zero-order valence-electron chi connectivity index (χ0n) is 11.1. The summed E-state index contributed by atoms with van der Waals surface area (Å²) >= 11 is 0. The second kappa shape index (κ2) is 4.30. The van der Waals surface area contributed by atoms with Crippen LogP contribution < -0.4 is 5.73 Å². The maximum absolute atomic E-state index is 5.85. The molecule has 100 valence electrons. The van der Waals surface area contributed by atoms with E-state index in [0.717, 1.165) is 29.6 Å². The maximum atomic E-state index is 5.85. The standard InChI is InChI=1S/C15H15N5/c16-15-18-11-6-2-1-5-10(11)14(19-15)20-9-17-12-7-3-4-8-13(12)20/h1-2,5-6,9H,3-4,7-8H2,(H2,16,18,19). The molecule has 1 aliphatic rings. The highest BCUT2D eigenvalue weighted by Crippen LogP contribution is 2.26. The third-order valence-corrected chi connectivity index (χ3v) is 3.86. The average Bonchev–Trinajstić information content (AvgIpc) is 2.90. The molecule has 0 aliphatic heterocycles. The number of nitrogens with zero attached hydrogens (tertiary/aromatic N) is 4. The first-order valence-corrected chi connectivity index (χ1v) is 6.90. The molecule has 0 saturated carbocycles. The Morgan fingerprint density at radius 1 is 1.05 bits per heavy atom. The number of para-hydroxylation sites is 1. The number of nitrogens with two attached hydrogens (primary N) is 1. The number of anilines is 1.